The number of benzene rings is 2. The quantitative estimate of drug-likeness (QED) is 0.797. The van der Waals surface area contributed by atoms with Crippen LogP contribution in [0.1, 0.15) is 36.0 Å². The number of nitrogens with one attached hydrogen (secondary N) is 2. The van der Waals surface area contributed by atoms with Gasteiger partial charge >= 0.3 is 6.03 Å². The van der Waals surface area contributed by atoms with Gasteiger partial charge in [-0.2, -0.15) is 0 Å². The Labute approximate surface area is 158 Å². The van der Waals surface area contributed by atoms with Gasteiger partial charge in [0.15, 0.2) is 0 Å². The van der Waals surface area contributed by atoms with Crippen molar-refractivity contribution in [2.45, 2.75) is 25.7 Å². The highest BCUT2D eigenvalue weighted by atomic mass is 35.5. The molecular weight excluding hydrogens is 350 g/mol. The molecule has 0 spiro atoms. The number of hydrogen-bond donors (Lipinski definition) is 2. The molecule has 0 radical (unpaired) electrons. The number of halogens is 1. The third kappa shape index (κ3) is 4.99. The standard InChI is InChI=1S/C20H22ClN3O2/c21-16-8-6-10-18(14-16)23-20(26)22-17-9-5-7-15(13-17)19(25)24-11-3-1-2-4-12-24/h5-10,13-14H,1-4,11-12H2,(H2,22,23,26). The highest BCUT2D eigenvalue weighted by Crippen LogP contribution is 2.18. The molecule has 1 aliphatic heterocycles. The molecular formula is C20H22ClN3O2. The summed E-state index contributed by atoms with van der Waals surface area (Å²) in [4.78, 5) is 26.8. The molecule has 6 heteroatoms. The molecule has 0 aliphatic carbocycles. The predicted octanol–water partition coefficient (Wildman–Crippen LogP) is 5.00. The summed E-state index contributed by atoms with van der Waals surface area (Å²) in [6, 6.07) is 13.6. The minimum atomic E-state index is -0.383. The summed E-state index contributed by atoms with van der Waals surface area (Å²) in [6.45, 7) is 1.59. The molecule has 0 aromatic heterocycles. The van der Waals surface area contributed by atoms with Crippen molar-refractivity contribution < 1.29 is 9.59 Å². The zero-order valence-corrected chi connectivity index (χ0v) is 15.3. The van der Waals surface area contributed by atoms with E-state index in [2.05, 4.69) is 10.6 Å². The molecule has 1 aliphatic rings. The normalized spacial score (nSPS) is 14.4. The molecule has 2 aromatic rings. The molecule has 5 nitrogen and oxygen atoms in total. The number of amides is 3. The van der Waals surface area contributed by atoms with E-state index in [1.54, 1.807) is 48.5 Å². The van der Waals surface area contributed by atoms with E-state index in [-0.39, 0.29) is 11.9 Å². The first-order valence-electron chi connectivity index (χ1n) is 8.85. The molecule has 0 unspecified atom stereocenters. The van der Waals surface area contributed by atoms with Crippen molar-refractivity contribution in [1.29, 1.82) is 0 Å². The number of anilines is 2. The molecule has 136 valence electrons. The Kier molecular flexibility index (Phi) is 6.12. The van der Waals surface area contributed by atoms with Crippen LogP contribution in [0.15, 0.2) is 48.5 Å². The van der Waals surface area contributed by atoms with Crippen molar-refractivity contribution in [3.63, 3.8) is 0 Å². The van der Waals surface area contributed by atoms with E-state index in [0.717, 1.165) is 25.9 Å². The maximum absolute atomic E-state index is 12.7. The van der Waals surface area contributed by atoms with Crippen molar-refractivity contribution >= 4 is 34.9 Å². The van der Waals surface area contributed by atoms with Crippen LogP contribution in [0.4, 0.5) is 16.2 Å². The summed E-state index contributed by atoms with van der Waals surface area (Å²) in [5.74, 6) is 0.0193. The minimum absolute atomic E-state index is 0.0193. The molecule has 3 rings (SSSR count). The third-order valence-corrected chi connectivity index (χ3v) is 4.58. The van der Waals surface area contributed by atoms with Gasteiger partial charge in [0, 0.05) is 35.1 Å². The van der Waals surface area contributed by atoms with Gasteiger partial charge in [0.1, 0.15) is 0 Å². The van der Waals surface area contributed by atoms with Gasteiger partial charge in [-0.3, -0.25) is 4.79 Å². The molecule has 2 N–H and O–H groups in total. The fourth-order valence-electron chi connectivity index (χ4n) is 3.05. The number of rotatable bonds is 3. The maximum Gasteiger partial charge on any atom is 0.323 e. The molecule has 26 heavy (non-hydrogen) atoms. The van der Waals surface area contributed by atoms with Crippen LogP contribution in [0.25, 0.3) is 0 Å². The molecule has 0 bridgehead atoms. The average molecular weight is 372 g/mol. The van der Waals surface area contributed by atoms with Gasteiger partial charge in [0.05, 0.1) is 0 Å². The average Bonchev–Trinajstić information content (AvgIpc) is 2.90. The first kappa shape index (κ1) is 18.3. The van der Waals surface area contributed by atoms with Gasteiger partial charge in [0.2, 0.25) is 0 Å². The smallest absolute Gasteiger partial charge is 0.323 e. The minimum Gasteiger partial charge on any atom is -0.339 e. The number of nitrogens with zero attached hydrogens (tertiary/aromatic N) is 1. The number of hydrogen-bond acceptors (Lipinski definition) is 2. The van der Waals surface area contributed by atoms with Crippen molar-refractivity contribution in [3.8, 4) is 0 Å². The predicted molar refractivity (Wildman–Crippen MR) is 105 cm³/mol. The van der Waals surface area contributed by atoms with Gasteiger partial charge in [-0.15, -0.1) is 0 Å². The number of carbonyl (C=O) groups is 2. The van der Waals surface area contributed by atoms with Crippen LogP contribution in [0.2, 0.25) is 5.02 Å². The molecule has 2 aromatic carbocycles. The zero-order valence-electron chi connectivity index (χ0n) is 14.5. The number of carbonyl (C=O) groups excluding carboxylic acids is 2. The van der Waals surface area contributed by atoms with Gasteiger partial charge in [-0.05, 0) is 49.2 Å². The Morgan fingerprint density at radius 2 is 1.46 bits per heavy atom. The van der Waals surface area contributed by atoms with Crippen LogP contribution >= 0.6 is 11.6 Å². The molecule has 0 saturated carbocycles. The first-order valence-corrected chi connectivity index (χ1v) is 9.22. The molecule has 0 atom stereocenters. The van der Waals surface area contributed by atoms with Crippen LogP contribution in [-0.2, 0) is 0 Å². The Balaban J connectivity index is 1.64. The van der Waals surface area contributed by atoms with Gasteiger partial charge in [-0.25, -0.2) is 4.79 Å². The van der Waals surface area contributed by atoms with E-state index in [0.29, 0.717) is 22.0 Å². The van der Waals surface area contributed by atoms with Crippen molar-refractivity contribution in [1.82, 2.24) is 4.90 Å². The van der Waals surface area contributed by atoms with Crippen LogP contribution in [0.5, 0.6) is 0 Å². The number of urea groups is 1. The lowest BCUT2D eigenvalue weighted by Crippen LogP contribution is -2.31. The fraction of sp³-hybridized carbons (Fsp3) is 0.300. The highest BCUT2D eigenvalue weighted by molar-refractivity contribution is 6.30. The second-order valence-corrected chi connectivity index (χ2v) is 6.81. The Bertz CT molecular complexity index is 786. The lowest BCUT2D eigenvalue weighted by atomic mass is 10.1. The van der Waals surface area contributed by atoms with E-state index in [1.807, 2.05) is 4.90 Å². The molecule has 3 amide bonds. The molecule has 1 heterocycles. The van der Waals surface area contributed by atoms with Crippen LogP contribution in [0, 0.1) is 0 Å². The van der Waals surface area contributed by atoms with E-state index >= 15 is 0 Å². The lowest BCUT2D eigenvalue weighted by molar-refractivity contribution is 0.0761. The second kappa shape index (κ2) is 8.72. The van der Waals surface area contributed by atoms with Crippen LogP contribution in [-0.4, -0.2) is 29.9 Å². The van der Waals surface area contributed by atoms with E-state index < -0.39 is 0 Å². The van der Waals surface area contributed by atoms with E-state index in [9.17, 15) is 9.59 Å². The topological polar surface area (TPSA) is 61.4 Å². The number of likely N-dealkylation sites (tertiary alicyclic amines) is 1. The largest absolute Gasteiger partial charge is 0.339 e. The van der Waals surface area contributed by atoms with Gasteiger partial charge < -0.3 is 15.5 Å². The van der Waals surface area contributed by atoms with Crippen molar-refractivity contribution in [2.24, 2.45) is 0 Å². The summed E-state index contributed by atoms with van der Waals surface area (Å²) in [7, 11) is 0. The Morgan fingerprint density at radius 1 is 0.846 bits per heavy atom. The van der Waals surface area contributed by atoms with Crippen molar-refractivity contribution in [2.75, 3.05) is 23.7 Å². The van der Waals surface area contributed by atoms with Crippen LogP contribution < -0.4 is 10.6 Å². The van der Waals surface area contributed by atoms with Crippen LogP contribution in [0.3, 0.4) is 0 Å². The third-order valence-electron chi connectivity index (χ3n) is 4.34. The Morgan fingerprint density at radius 3 is 2.12 bits per heavy atom. The fourth-order valence-corrected chi connectivity index (χ4v) is 3.24. The second-order valence-electron chi connectivity index (χ2n) is 6.38. The molecule has 1 fully saturated rings. The summed E-state index contributed by atoms with van der Waals surface area (Å²) in [5.41, 5.74) is 1.77. The zero-order chi connectivity index (χ0) is 18.4. The lowest BCUT2D eigenvalue weighted by Gasteiger charge is -2.20. The first-order chi connectivity index (χ1) is 12.6. The maximum atomic E-state index is 12.7. The van der Waals surface area contributed by atoms with Crippen molar-refractivity contribution in [3.05, 3.63) is 59.1 Å². The summed E-state index contributed by atoms with van der Waals surface area (Å²) in [6.07, 6.45) is 4.45. The highest BCUT2D eigenvalue weighted by Gasteiger charge is 2.17. The van der Waals surface area contributed by atoms with E-state index in [4.69, 9.17) is 11.6 Å². The summed E-state index contributed by atoms with van der Waals surface area (Å²) in [5, 5.41) is 6.03. The SMILES string of the molecule is O=C(Nc1cccc(Cl)c1)Nc1cccc(C(=O)N2CCCCCC2)c1. The van der Waals surface area contributed by atoms with Gasteiger partial charge in [-0.1, -0.05) is 36.6 Å². The summed E-state index contributed by atoms with van der Waals surface area (Å²) >= 11 is 5.92. The monoisotopic (exact) mass is 371 g/mol. The van der Waals surface area contributed by atoms with E-state index in [1.165, 1.54) is 12.8 Å². The molecule has 1 saturated heterocycles. The summed E-state index contributed by atoms with van der Waals surface area (Å²) < 4.78 is 0. The van der Waals surface area contributed by atoms with Gasteiger partial charge in [0.25, 0.3) is 5.91 Å². The Hall–Kier alpha value is -2.53.